The van der Waals surface area contributed by atoms with E-state index in [4.69, 9.17) is 18.9 Å². The molecule has 40 heavy (non-hydrogen) atoms. The molecule has 0 unspecified atom stereocenters. The fourth-order valence-corrected chi connectivity index (χ4v) is 6.22. The Labute approximate surface area is 237 Å². The number of nitrogens with zero attached hydrogens (tertiary/aromatic N) is 1. The molecular formula is C32H42N2O6. The lowest BCUT2D eigenvalue weighted by molar-refractivity contribution is -0.152. The summed E-state index contributed by atoms with van der Waals surface area (Å²) < 4.78 is 23.9. The quantitative estimate of drug-likeness (QED) is 0.481. The van der Waals surface area contributed by atoms with Gasteiger partial charge < -0.3 is 29.2 Å². The molecule has 0 radical (unpaired) electrons. The first-order valence-electron chi connectivity index (χ1n) is 14.5. The van der Waals surface area contributed by atoms with Gasteiger partial charge in [-0.25, -0.2) is 0 Å². The minimum atomic E-state index is -1.10. The Morgan fingerprint density at radius 2 is 1.62 bits per heavy atom. The molecular weight excluding hydrogens is 508 g/mol. The van der Waals surface area contributed by atoms with Crippen molar-refractivity contribution < 1.29 is 28.5 Å². The van der Waals surface area contributed by atoms with Gasteiger partial charge in [0.2, 0.25) is 11.8 Å². The number of hydrogen-bond acceptors (Lipinski definition) is 6. The third-order valence-electron chi connectivity index (χ3n) is 8.50. The molecule has 2 aliphatic heterocycles. The summed E-state index contributed by atoms with van der Waals surface area (Å²) in [5.41, 5.74) is 0.833. The van der Waals surface area contributed by atoms with Crippen molar-refractivity contribution in [3.63, 3.8) is 0 Å². The maximum absolute atomic E-state index is 14.1. The Kier molecular flexibility index (Phi) is 9.08. The van der Waals surface area contributed by atoms with E-state index in [1.165, 1.54) is 6.42 Å². The Morgan fingerprint density at radius 3 is 2.33 bits per heavy atom. The maximum Gasteiger partial charge on any atom is 0.245 e. The summed E-state index contributed by atoms with van der Waals surface area (Å²) in [5.74, 6) is 0.453. The normalized spacial score (nSPS) is 24.9. The molecule has 216 valence electrons. The molecule has 3 aliphatic rings. The van der Waals surface area contributed by atoms with Crippen molar-refractivity contribution in [1.29, 1.82) is 0 Å². The van der Waals surface area contributed by atoms with E-state index in [-0.39, 0.29) is 49.2 Å². The lowest BCUT2D eigenvalue weighted by Crippen LogP contribution is -2.64. The summed E-state index contributed by atoms with van der Waals surface area (Å²) in [5, 5.41) is 3.25. The number of carbonyl (C=O) groups excluding carboxylic acids is 2. The highest BCUT2D eigenvalue weighted by Crippen LogP contribution is 2.36. The van der Waals surface area contributed by atoms with Crippen molar-refractivity contribution in [2.45, 2.75) is 94.9 Å². The molecule has 2 aromatic rings. The Hall–Kier alpha value is -2.94. The van der Waals surface area contributed by atoms with Gasteiger partial charge in [0.05, 0.1) is 39.4 Å². The zero-order valence-corrected chi connectivity index (χ0v) is 23.8. The second-order valence-corrected chi connectivity index (χ2v) is 11.7. The van der Waals surface area contributed by atoms with Crippen molar-refractivity contribution in [3.8, 4) is 5.75 Å². The number of amides is 2. The van der Waals surface area contributed by atoms with Crippen LogP contribution < -0.4 is 10.1 Å². The van der Waals surface area contributed by atoms with Gasteiger partial charge in [-0.2, -0.15) is 0 Å². The van der Waals surface area contributed by atoms with Gasteiger partial charge in [0.25, 0.3) is 0 Å². The standard InChI is InChI=1S/C32H42N2O6/c1-32(2,31(36)33-24-12-8-5-9-13-24)34(28(35)18-22-14-16-25(37-3)17-15-22)26-20-39-30-27(21-40-29(26)30)38-19-23-10-6-4-7-11-23/h4,6-7,10-11,14-17,24,26-27,29-30H,5,8-9,12-13,18-21H2,1-3H3,(H,33,36)/t26-,27+,29+,30+/m0/s1. The van der Waals surface area contributed by atoms with E-state index in [1.807, 2.05) is 68.4 Å². The van der Waals surface area contributed by atoms with E-state index < -0.39 is 11.6 Å². The summed E-state index contributed by atoms with van der Waals surface area (Å²) in [6.45, 7) is 4.80. The van der Waals surface area contributed by atoms with Crippen LogP contribution in [-0.2, 0) is 36.8 Å². The van der Waals surface area contributed by atoms with Gasteiger partial charge in [0, 0.05) is 6.04 Å². The van der Waals surface area contributed by atoms with Crippen molar-refractivity contribution in [1.82, 2.24) is 10.2 Å². The first-order valence-corrected chi connectivity index (χ1v) is 14.5. The molecule has 1 saturated carbocycles. The van der Waals surface area contributed by atoms with Gasteiger partial charge in [-0.3, -0.25) is 9.59 Å². The Balaban J connectivity index is 1.34. The second-order valence-electron chi connectivity index (χ2n) is 11.7. The number of benzene rings is 2. The lowest BCUT2D eigenvalue weighted by Gasteiger charge is -2.43. The predicted octanol–water partition coefficient (Wildman–Crippen LogP) is 4.05. The van der Waals surface area contributed by atoms with Crippen LogP contribution >= 0.6 is 0 Å². The number of ether oxygens (including phenoxy) is 4. The first-order chi connectivity index (χ1) is 19.4. The number of hydrogen-bond donors (Lipinski definition) is 1. The van der Waals surface area contributed by atoms with Crippen molar-refractivity contribution in [2.24, 2.45) is 0 Å². The average Bonchev–Trinajstić information content (AvgIpc) is 3.56. The largest absolute Gasteiger partial charge is 0.497 e. The number of methoxy groups -OCH3 is 1. The van der Waals surface area contributed by atoms with Crippen LogP contribution in [0.1, 0.15) is 57.1 Å². The zero-order valence-electron chi connectivity index (χ0n) is 23.8. The zero-order chi connectivity index (χ0) is 28.1. The monoisotopic (exact) mass is 550 g/mol. The molecule has 4 atom stereocenters. The van der Waals surface area contributed by atoms with Crippen molar-refractivity contribution in [3.05, 3.63) is 65.7 Å². The predicted molar refractivity (Wildman–Crippen MR) is 151 cm³/mol. The Bertz CT molecular complexity index is 1130. The van der Waals surface area contributed by atoms with Crippen LogP contribution in [0.3, 0.4) is 0 Å². The summed E-state index contributed by atoms with van der Waals surface area (Å²) in [4.78, 5) is 29.5. The van der Waals surface area contributed by atoms with Gasteiger partial charge in [0.15, 0.2) is 0 Å². The van der Waals surface area contributed by atoms with Gasteiger partial charge in [-0.15, -0.1) is 0 Å². The summed E-state index contributed by atoms with van der Waals surface area (Å²) in [6, 6.07) is 17.2. The number of carbonyl (C=O) groups is 2. The average molecular weight is 551 g/mol. The van der Waals surface area contributed by atoms with Crippen LogP contribution in [0.2, 0.25) is 0 Å². The minimum absolute atomic E-state index is 0.138. The molecule has 0 spiro atoms. The third kappa shape index (κ3) is 6.35. The Morgan fingerprint density at radius 1 is 0.925 bits per heavy atom. The van der Waals surface area contributed by atoms with Crippen LogP contribution in [-0.4, -0.2) is 73.0 Å². The molecule has 8 heteroatoms. The van der Waals surface area contributed by atoms with Gasteiger partial charge >= 0.3 is 0 Å². The molecule has 8 nitrogen and oxygen atoms in total. The van der Waals surface area contributed by atoms with E-state index in [0.717, 1.165) is 42.6 Å². The maximum atomic E-state index is 14.1. The highest BCUT2D eigenvalue weighted by molar-refractivity contribution is 5.92. The highest BCUT2D eigenvalue weighted by atomic mass is 16.6. The molecule has 5 rings (SSSR count). The van der Waals surface area contributed by atoms with E-state index in [9.17, 15) is 9.59 Å². The van der Waals surface area contributed by atoms with Crippen LogP contribution in [0.15, 0.2) is 54.6 Å². The first kappa shape index (κ1) is 28.6. The van der Waals surface area contributed by atoms with Crippen molar-refractivity contribution >= 4 is 11.8 Å². The summed E-state index contributed by atoms with van der Waals surface area (Å²) >= 11 is 0. The molecule has 1 aliphatic carbocycles. The lowest BCUT2D eigenvalue weighted by atomic mass is 9.91. The number of nitrogens with one attached hydrogen (secondary N) is 1. The third-order valence-corrected chi connectivity index (χ3v) is 8.50. The van der Waals surface area contributed by atoms with E-state index in [1.54, 1.807) is 12.0 Å². The van der Waals surface area contributed by atoms with E-state index in [0.29, 0.717) is 13.2 Å². The molecule has 2 heterocycles. The SMILES string of the molecule is COc1ccc(CC(=O)N([C@H]2CO[C@H]3[C@@H]2OC[C@H]3OCc2ccccc2)C(C)(C)C(=O)NC2CCCCC2)cc1. The number of fused-ring (bicyclic) bond motifs is 1. The van der Waals surface area contributed by atoms with Gasteiger partial charge in [-0.1, -0.05) is 61.7 Å². The second kappa shape index (κ2) is 12.7. The van der Waals surface area contributed by atoms with E-state index >= 15 is 0 Å². The highest BCUT2D eigenvalue weighted by Gasteiger charge is 2.55. The van der Waals surface area contributed by atoms with Gasteiger partial charge in [-0.05, 0) is 49.9 Å². The summed E-state index contributed by atoms with van der Waals surface area (Å²) in [7, 11) is 1.62. The minimum Gasteiger partial charge on any atom is -0.497 e. The summed E-state index contributed by atoms with van der Waals surface area (Å²) in [6.07, 6.45) is 4.62. The van der Waals surface area contributed by atoms with E-state index in [2.05, 4.69) is 5.32 Å². The fraction of sp³-hybridized carbons (Fsp3) is 0.562. The van der Waals surface area contributed by atoms with Gasteiger partial charge in [0.1, 0.15) is 29.6 Å². The number of rotatable bonds is 10. The molecule has 2 amide bonds. The topological polar surface area (TPSA) is 86.3 Å². The van der Waals surface area contributed by atoms with Crippen molar-refractivity contribution in [2.75, 3.05) is 20.3 Å². The van der Waals surface area contributed by atoms with Crippen LogP contribution in [0.4, 0.5) is 0 Å². The van der Waals surface area contributed by atoms with Crippen LogP contribution in [0, 0.1) is 0 Å². The molecule has 2 aromatic carbocycles. The van der Waals surface area contributed by atoms with Crippen LogP contribution in [0.5, 0.6) is 5.75 Å². The fourth-order valence-electron chi connectivity index (χ4n) is 6.22. The molecule has 2 saturated heterocycles. The van der Waals surface area contributed by atoms with Crippen LogP contribution in [0.25, 0.3) is 0 Å². The smallest absolute Gasteiger partial charge is 0.245 e. The molecule has 0 aromatic heterocycles. The molecule has 1 N–H and O–H groups in total. The molecule has 3 fully saturated rings. The molecule has 0 bridgehead atoms.